The van der Waals surface area contributed by atoms with Crippen LogP contribution in [0.1, 0.15) is 38.3 Å². The van der Waals surface area contributed by atoms with Gasteiger partial charge in [-0.2, -0.15) is 0 Å². The first-order valence-electron chi connectivity index (χ1n) is 9.39. The molecular formula is C22H26ClFN2O2. The van der Waals surface area contributed by atoms with E-state index in [9.17, 15) is 14.0 Å². The van der Waals surface area contributed by atoms with Gasteiger partial charge in [0.15, 0.2) is 0 Å². The molecule has 2 aromatic rings. The van der Waals surface area contributed by atoms with Gasteiger partial charge in [-0.15, -0.1) is 0 Å². The van der Waals surface area contributed by atoms with Gasteiger partial charge in [0, 0.05) is 17.6 Å². The van der Waals surface area contributed by atoms with Crippen LogP contribution < -0.4 is 5.32 Å². The van der Waals surface area contributed by atoms with Gasteiger partial charge in [0.1, 0.15) is 11.9 Å². The van der Waals surface area contributed by atoms with Gasteiger partial charge in [0.25, 0.3) is 0 Å². The molecule has 4 nitrogen and oxygen atoms in total. The second-order valence-electron chi connectivity index (χ2n) is 7.04. The number of hydrogen-bond acceptors (Lipinski definition) is 2. The lowest BCUT2D eigenvalue weighted by Gasteiger charge is -2.31. The summed E-state index contributed by atoms with van der Waals surface area (Å²) in [7, 11) is 0. The Balaban J connectivity index is 2.28. The van der Waals surface area contributed by atoms with Crippen molar-refractivity contribution in [2.75, 3.05) is 0 Å². The van der Waals surface area contributed by atoms with E-state index >= 15 is 0 Å². The molecule has 0 fully saturated rings. The molecule has 0 saturated carbocycles. The van der Waals surface area contributed by atoms with Crippen LogP contribution >= 0.6 is 11.6 Å². The number of nitrogens with zero attached hydrogens (tertiary/aromatic N) is 1. The predicted octanol–water partition coefficient (Wildman–Crippen LogP) is 4.35. The van der Waals surface area contributed by atoms with Crippen molar-refractivity contribution in [2.24, 2.45) is 0 Å². The van der Waals surface area contributed by atoms with Crippen LogP contribution in [0.4, 0.5) is 4.39 Å². The number of halogens is 2. The Bertz CT molecular complexity index is 808. The van der Waals surface area contributed by atoms with Gasteiger partial charge in [-0.1, -0.05) is 42.8 Å². The smallest absolute Gasteiger partial charge is 0.243 e. The van der Waals surface area contributed by atoms with Crippen molar-refractivity contribution in [3.8, 4) is 0 Å². The molecule has 0 bridgehead atoms. The van der Waals surface area contributed by atoms with E-state index in [1.54, 1.807) is 35.2 Å². The predicted molar refractivity (Wildman–Crippen MR) is 109 cm³/mol. The molecule has 1 N–H and O–H groups in total. The van der Waals surface area contributed by atoms with Crippen LogP contribution in [-0.2, 0) is 22.6 Å². The normalized spacial score (nSPS) is 11.9. The van der Waals surface area contributed by atoms with Gasteiger partial charge in [0.05, 0.1) is 6.42 Å². The van der Waals surface area contributed by atoms with E-state index in [-0.39, 0.29) is 36.6 Å². The number of carbonyl (C=O) groups excluding carboxylic acids is 2. The first-order chi connectivity index (χ1) is 13.3. The van der Waals surface area contributed by atoms with E-state index in [2.05, 4.69) is 5.32 Å². The summed E-state index contributed by atoms with van der Waals surface area (Å²) < 4.78 is 13.2. The quantitative estimate of drug-likeness (QED) is 0.710. The van der Waals surface area contributed by atoms with E-state index in [4.69, 9.17) is 11.6 Å². The molecule has 2 rings (SSSR count). The maximum absolute atomic E-state index is 13.2. The molecule has 0 spiro atoms. The van der Waals surface area contributed by atoms with Crippen molar-refractivity contribution in [1.82, 2.24) is 10.2 Å². The molecule has 0 unspecified atom stereocenters. The average Bonchev–Trinajstić information content (AvgIpc) is 2.62. The monoisotopic (exact) mass is 404 g/mol. The summed E-state index contributed by atoms with van der Waals surface area (Å²) in [5.41, 5.74) is 1.54. The third kappa shape index (κ3) is 6.34. The van der Waals surface area contributed by atoms with Gasteiger partial charge < -0.3 is 10.2 Å². The molecule has 0 aliphatic heterocycles. The lowest BCUT2D eigenvalue weighted by molar-refractivity contribution is -0.141. The fraction of sp³-hybridized carbons (Fsp3) is 0.364. The maximum Gasteiger partial charge on any atom is 0.243 e. The molecule has 0 saturated heterocycles. The Morgan fingerprint density at radius 3 is 2.36 bits per heavy atom. The summed E-state index contributed by atoms with van der Waals surface area (Å²) in [5, 5.41) is 3.44. The van der Waals surface area contributed by atoms with Crippen LogP contribution in [0.25, 0.3) is 0 Å². The summed E-state index contributed by atoms with van der Waals surface area (Å²) in [5.74, 6) is -0.721. The zero-order valence-corrected chi connectivity index (χ0v) is 17.2. The highest BCUT2D eigenvalue weighted by atomic mass is 35.5. The molecule has 1 atom stereocenters. The van der Waals surface area contributed by atoms with Crippen molar-refractivity contribution in [3.05, 3.63) is 70.5 Å². The summed E-state index contributed by atoms with van der Waals surface area (Å²) >= 11 is 6.03. The fourth-order valence-electron chi connectivity index (χ4n) is 3.01. The number of hydrogen-bond donors (Lipinski definition) is 1. The lowest BCUT2D eigenvalue weighted by atomic mass is 10.1. The summed E-state index contributed by atoms with van der Waals surface area (Å²) in [6.07, 6.45) is 0.605. The molecule has 0 aliphatic rings. The first kappa shape index (κ1) is 21.9. The molecular weight excluding hydrogens is 379 g/mol. The third-order valence-corrected chi connectivity index (χ3v) is 4.56. The Kier molecular flexibility index (Phi) is 8.00. The van der Waals surface area contributed by atoms with Gasteiger partial charge in [-0.3, -0.25) is 9.59 Å². The van der Waals surface area contributed by atoms with Crippen LogP contribution in [-0.4, -0.2) is 28.8 Å². The average molecular weight is 405 g/mol. The molecule has 0 radical (unpaired) electrons. The molecule has 150 valence electrons. The van der Waals surface area contributed by atoms with E-state index in [0.717, 1.165) is 11.1 Å². The highest BCUT2D eigenvalue weighted by Gasteiger charge is 2.29. The van der Waals surface area contributed by atoms with E-state index in [1.807, 2.05) is 26.8 Å². The standard InChI is InChI=1S/C22H26ClFN2O2/c1-4-20(22(28)25-15(2)3)26(14-16-8-10-19(24)11-9-16)21(27)13-17-6-5-7-18(23)12-17/h5-12,15,20H,4,13-14H2,1-3H3,(H,25,28)/t20-/m0/s1. The summed E-state index contributed by atoms with van der Waals surface area (Å²) in [6, 6.07) is 12.4. The molecule has 2 aromatic carbocycles. The maximum atomic E-state index is 13.2. The number of amides is 2. The van der Waals surface area contributed by atoms with Crippen LogP contribution in [0.2, 0.25) is 5.02 Å². The SMILES string of the molecule is CC[C@@H](C(=O)NC(C)C)N(Cc1ccc(F)cc1)C(=O)Cc1cccc(Cl)c1. The Morgan fingerprint density at radius 1 is 1.11 bits per heavy atom. The molecule has 0 aromatic heterocycles. The lowest BCUT2D eigenvalue weighted by Crippen LogP contribution is -2.50. The highest BCUT2D eigenvalue weighted by molar-refractivity contribution is 6.30. The zero-order valence-electron chi connectivity index (χ0n) is 16.4. The van der Waals surface area contributed by atoms with Gasteiger partial charge in [0.2, 0.25) is 11.8 Å². The minimum Gasteiger partial charge on any atom is -0.352 e. The topological polar surface area (TPSA) is 49.4 Å². The van der Waals surface area contributed by atoms with Crippen molar-refractivity contribution in [3.63, 3.8) is 0 Å². The number of rotatable bonds is 8. The van der Waals surface area contributed by atoms with Crippen molar-refractivity contribution in [2.45, 2.75) is 52.2 Å². The minimum atomic E-state index is -0.612. The van der Waals surface area contributed by atoms with Crippen LogP contribution in [0, 0.1) is 5.82 Å². The van der Waals surface area contributed by atoms with Crippen molar-refractivity contribution >= 4 is 23.4 Å². The molecule has 2 amide bonds. The van der Waals surface area contributed by atoms with Crippen molar-refractivity contribution < 1.29 is 14.0 Å². The molecule has 0 heterocycles. The highest BCUT2D eigenvalue weighted by Crippen LogP contribution is 2.17. The second kappa shape index (κ2) is 10.2. The molecule has 28 heavy (non-hydrogen) atoms. The number of nitrogens with one attached hydrogen (secondary N) is 1. The second-order valence-corrected chi connectivity index (χ2v) is 7.48. The van der Waals surface area contributed by atoms with Crippen LogP contribution in [0.15, 0.2) is 48.5 Å². The zero-order chi connectivity index (χ0) is 20.7. The van der Waals surface area contributed by atoms with E-state index < -0.39 is 6.04 Å². The van der Waals surface area contributed by atoms with Crippen molar-refractivity contribution in [1.29, 1.82) is 0 Å². The molecule has 0 aliphatic carbocycles. The Morgan fingerprint density at radius 2 is 1.79 bits per heavy atom. The number of carbonyl (C=O) groups is 2. The summed E-state index contributed by atoms with van der Waals surface area (Å²) in [4.78, 5) is 27.4. The molecule has 6 heteroatoms. The Labute approximate surface area is 170 Å². The fourth-order valence-corrected chi connectivity index (χ4v) is 3.22. The van der Waals surface area contributed by atoms with Gasteiger partial charge in [-0.25, -0.2) is 4.39 Å². The minimum absolute atomic E-state index is 0.0303. The van der Waals surface area contributed by atoms with E-state index in [0.29, 0.717) is 11.4 Å². The van der Waals surface area contributed by atoms with Gasteiger partial charge >= 0.3 is 0 Å². The Hall–Kier alpha value is -2.40. The number of benzene rings is 2. The van der Waals surface area contributed by atoms with E-state index in [1.165, 1.54) is 12.1 Å². The van der Waals surface area contributed by atoms with Gasteiger partial charge in [-0.05, 0) is 55.7 Å². The summed E-state index contributed by atoms with van der Waals surface area (Å²) in [6.45, 7) is 5.85. The first-order valence-corrected chi connectivity index (χ1v) is 9.76. The third-order valence-electron chi connectivity index (χ3n) is 4.33. The largest absolute Gasteiger partial charge is 0.352 e. The van der Waals surface area contributed by atoms with Crippen LogP contribution in [0.5, 0.6) is 0 Å². The van der Waals surface area contributed by atoms with Crippen LogP contribution in [0.3, 0.4) is 0 Å².